The molecule has 0 saturated heterocycles. The minimum absolute atomic E-state index is 0.139. The highest BCUT2D eigenvalue weighted by atomic mass is 16.5. The van der Waals surface area contributed by atoms with Crippen molar-refractivity contribution in [1.82, 2.24) is 9.97 Å². The van der Waals surface area contributed by atoms with Crippen molar-refractivity contribution < 1.29 is 19.1 Å². The number of carbonyl (C=O) groups is 2. The molecule has 100 valence electrons. The molecule has 0 bridgehead atoms. The Bertz CT molecular complexity index is 476. The number of esters is 2. The van der Waals surface area contributed by atoms with Gasteiger partial charge < -0.3 is 14.4 Å². The molecule has 1 aromatic heterocycles. The van der Waals surface area contributed by atoms with Crippen LogP contribution >= 0.6 is 0 Å². The summed E-state index contributed by atoms with van der Waals surface area (Å²) in [4.78, 5) is 31.6. The summed E-state index contributed by atoms with van der Waals surface area (Å²) in [6, 6.07) is 1.82. The minimum atomic E-state index is -0.532. The SMILES string of the molecule is COC(=O)CN(CC(=O)OC)c1cnc(C#N)cn1. The lowest BCUT2D eigenvalue weighted by Crippen LogP contribution is -2.36. The highest BCUT2D eigenvalue weighted by Gasteiger charge is 2.17. The van der Waals surface area contributed by atoms with Crippen molar-refractivity contribution in [1.29, 1.82) is 5.26 Å². The zero-order valence-corrected chi connectivity index (χ0v) is 10.5. The van der Waals surface area contributed by atoms with E-state index in [4.69, 9.17) is 5.26 Å². The number of hydrogen-bond acceptors (Lipinski definition) is 8. The van der Waals surface area contributed by atoms with Crippen LogP contribution in [0.3, 0.4) is 0 Å². The molecule has 8 nitrogen and oxygen atoms in total. The fourth-order valence-corrected chi connectivity index (χ4v) is 1.20. The van der Waals surface area contributed by atoms with E-state index in [1.807, 2.05) is 6.07 Å². The van der Waals surface area contributed by atoms with E-state index in [0.29, 0.717) is 0 Å². The van der Waals surface area contributed by atoms with Gasteiger partial charge in [-0.15, -0.1) is 0 Å². The number of methoxy groups -OCH3 is 2. The lowest BCUT2D eigenvalue weighted by Gasteiger charge is -2.20. The summed E-state index contributed by atoms with van der Waals surface area (Å²) in [6.45, 7) is -0.349. The zero-order valence-electron chi connectivity index (χ0n) is 10.5. The summed E-state index contributed by atoms with van der Waals surface area (Å²) < 4.78 is 9.06. The third-order valence-electron chi connectivity index (χ3n) is 2.17. The summed E-state index contributed by atoms with van der Waals surface area (Å²) in [5.74, 6) is -0.792. The molecule has 0 spiro atoms. The minimum Gasteiger partial charge on any atom is -0.468 e. The van der Waals surface area contributed by atoms with Crippen LogP contribution in [-0.2, 0) is 19.1 Å². The number of hydrogen-bond donors (Lipinski definition) is 0. The Morgan fingerprint density at radius 3 is 2.16 bits per heavy atom. The first-order valence-corrected chi connectivity index (χ1v) is 5.21. The fourth-order valence-electron chi connectivity index (χ4n) is 1.20. The first-order valence-electron chi connectivity index (χ1n) is 5.21. The van der Waals surface area contributed by atoms with Crippen molar-refractivity contribution in [3.63, 3.8) is 0 Å². The molecule has 1 rings (SSSR count). The normalized spacial score (nSPS) is 9.32. The maximum Gasteiger partial charge on any atom is 0.325 e. The molecule has 0 aromatic carbocycles. The Balaban J connectivity index is 2.90. The van der Waals surface area contributed by atoms with Gasteiger partial charge in [-0.1, -0.05) is 0 Å². The van der Waals surface area contributed by atoms with E-state index in [1.165, 1.54) is 31.5 Å². The quantitative estimate of drug-likeness (QED) is 0.655. The predicted molar refractivity (Wildman–Crippen MR) is 63.0 cm³/mol. The highest BCUT2D eigenvalue weighted by Crippen LogP contribution is 2.09. The Morgan fingerprint density at radius 1 is 1.21 bits per heavy atom. The van der Waals surface area contributed by atoms with Gasteiger partial charge in [-0.3, -0.25) is 9.59 Å². The lowest BCUT2D eigenvalue weighted by atomic mass is 10.4. The first kappa shape index (κ1) is 14.4. The molecule has 0 radical (unpaired) electrons. The number of nitrogens with zero attached hydrogens (tertiary/aromatic N) is 4. The molecule has 0 amide bonds. The van der Waals surface area contributed by atoms with Crippen LogP contribution in [0, 0.1) is 11.3 Å². The predicted octanol–water partition coefficient (Wildman–Crippen LogP) is -0.499. The maximum atomic E-state index is 11.3. The lowest BCUT2D eigenvalue weighted by molar-refractivity contribution is -0.140. The van der Waals surface area contributed by atoms with Crippen molar-refractivity contribution in [2.24, 2.45) is 0 Å². The Morgan fingerprint density at radius 2 is 1.79 bits per heavy atom. The number of carbonyl (C=O) groups excluding carboxylic acids is 2. The Labute approximate surface area is 109 Å². The summed E-state index contributed by atoms with van der Waals surface area (Å²) in [5.41, 5.74) is 0.139. The molecule has 0 aliphatic rings. The van der Waals surface area contributed by atoms with E-state index in [1.54, 1.807) is 0 Å². The molecule has 8 heteroatoms. The largest absolute Gasteiger partial charge is 0.468 e. The van der Waals surface area contributed by atoms with Crippen molar-refractivity contribution in [3.8, 4) is 6.07 Å². The van der Waals surface area contributed by atoms with E-state index in [-0.39, 0.29) is 24.6 Å². The number of rotatable bonds is 5. The Kier molecular flexibility index (Phi) is 5.22. The standard InChI is InChI=1S/C11H12N4O4/c1-18-10(16)6-15(7-11(17)19-2)9-5-13-8(3-12)4-14-9/h4-5H,6-7H2,1-2H3. The topological polar surface area (TPSA) is 105 Å². The summed E-state index contributed by atoms with van der Waals surface area (Å²) in [6.07, 6.45) is 2.54. The summed E-state index contributed by atoms with van der Waals surface area (Å²) in [7, 11) is 2.48. The van der Waals surface area contributed by atoms with E-state index in [2.05, 4.69) is 19.4 Å². The van der Waals surface area contributed by atoms with Crippen LogP contribution in [0.5, 0.6) is 0 Å². The number of aromatic nitrogens is 2. The van der Waals surface area contributed by atoms with Crippen LogP contribution in [0.4, 0.5) is 5.82 Å². The van der Waals surface area contributed by atoms with Gasteiger partial charge in [0.05, 0.1) is 26.6 Å². The molecule has 0 fully saturated rings. The number of ether oxygens (including phenoxy) is 2. The van der Waals surface area contributed by atoms with E-state index in [9.17, 15) is 9.59 Å². The number of anilines is 1. The van der Waals surface area contributed by atoms with Crippen molar-refractivity contribution in [3.05, 3.63) is 18.1 Å². The molecule has 0 aliphatic carbocycles. The third kappa shape index (κ3) is 4.23. The van der Waals surface area contributed by atoms with Crippen LogP contribution in [0.2, 0.25) is 0 Å². The highest BCUT2D eigenvalue weighted by molar-refractivity contribution is 5.80. The molecular formula is C11H12N4O4. The second kappa shape index (κ2) is 6.90. The van der Waals surface area contributed by atoms with Crippen molar-refractivity contribution >= 4 is 17.8 Å². The average Bonchev–Trinajstić information content (AvgIpc) is 2.46. The third-order valence-corrected chi connectivity index (χ3v) is 2.17. The first-order chi connectivity index (χ1) is 9.10. The average molecular weight is 264 g/mol. The second-order valence-electron chi connectivity index (χ2n) is 3.38. The van der Waals surface area contributed by atoms with E-state index >= 15 is 0 Å². The van der Waals surface area contributed by atoms with Gasteiger partial charge in [0.25, 0.3) is 0 Å². The zero-order chi connectivity index (χ0) is 14.3. The second-order valence-corrected chi connectivity index (χ2v) is 3.38. The maximum absolute atomic E-state index is 11.3. The van der Waals surface area contributed by atoms with Gasteiger partial charge in [0.2, 0.25) is 0 Å². The molecule has 19 heavy (non-hydrogen) atoms. The van der Waals surface area contributed by atoms with Gasteiger partial charge in [0, 0.05) is 0 Å². The van der Waals surface area contributed by atoms with Gasteiger partial charge in [0.15, 0.2) is 5.69 Å². The van der Waals surface area contributed by atoms with Crippen LogP contribution in [0.1, 0.15) is 5.69 Å². The molecule has 1 heterocycles. The van der Waals surface area contributed by atoms with Crippen LogP contribution in [0.25, 0.3) is 0 Å². The van der Waals surface area contributed by atoms with Crippen LogP contribution in [0.15, 0.2) is 12.4 Å². The smallest absolute Gasteiger partial charge is 0.325 e. The van der Waals surface area contributed by atoms with Gasteiger partial charge >= 0.3 is 11.9 Å². The van der Waals surface area contributed by atoms with Gasteiger partial charge in [-0.2, -0.15) is 5.26 Å². The molecule has 0 saturated carbocycles. The molecule has 0 N–H and O–H groups in total. The van der Waals surface area contributed by atoms with Crippen LogP contribution in [-0.4, -0.2) is 49.2 Å². The van der Waals surface area contributed by atoms with Crippen LogP contribution < -0.4 is 4.90 Å². The monoisotopic (exact) mass is 264 g/mol. The van der Waals surface area contributed by atoms with Gasteiger partial charge in [0.1, 0.15) is 25.0 Å². The fraction of sp³-hybridized carbons (Fsp3) is 0.364. The molecule has 0 aliphatic heterocycles. The van der Waals surface area contributed by atoms with Gasteiger partial charge in [-0.05, 0) is 0 Å². The molecule has 0 unspecified atom stereocenters. The van der Waals surface area contributed by atoms with E-state index < -0.39 is 11.9 Å². The molecule has 0 atom stereocenters. The van der Waals surface area contributed by atoms with E-state index in [0.717, 1.165) is 0 Å². The Hall–Kier alpha value is -2.69. The molecule has 1 aromatic rings. The number of nitriles is 1. The van der Waals surface area contributed by atoms with Crippen molar-refractivity contribution in [2.45, 2.75) is 0 Å². The van der Waals surface area contributed by atoms with Gasteiger partial charge in [-0.25, -0.2) is 9.97 Å². The molecular weight excluding hydrogens is 252 g/mol. The summed E-state index contributed by atoms with van der Waals surface area (Å²) >= 11 is 0. The summed E-state index contributed by atoms with van der Waals surface area (Å²) in [5, 5.41) is 8.62. The van der Waals surface area contributed by atoms with Crippen molar-refractivity contribution in [2.75, 3.05) is 32.2 Å².